The minimum Gasteiger partial charge on any atom is -0.0991 e. The lowest BCUT2D eigenvalue weighted by atomic mass is 10.1. The van der Waals surface area contributed by atoms with Gasteiger partial charge >= 0.3 is 0 Å². The average molecular weight is 132 g/mol. The lowest BCUT2D eigenvalue weighted by Crippen LogP contribution is -1.78. The maximum absolute atomic E-state index is 3.61. The van der Waals surface area contributed by atoms with E-state index in [-0.39, 0.29) is 0 Å². The van der Waals surface area contributed by atoms with Crippen LogP contribution in [-0.4, -0.2) is 0 Å². The Bertz CT molecular complexity index is 192. The zero-order valence-corrected chi connectivity index (χ0v) is 6.09. The normalized spacial score (nSPS) is 17.4. The Balaban J connectivity index is 2.55. The molecular formula is C10H12. The fraction of sp³-hybridized carbons (Fsp3) is 0.200. The summed E-state index contributed by atoms with van der Waals surface area (Å²) < 4.78 is 0. The summed E-state index contributed by atoms with van der Waals surface area (Å²) in [4.78, 5) is 0. The van der Waals surface area contributed by atoms with Gasteiger partial charge in [-0.25, -0.2) is 0 Å². The van der Waals surface area contributed by atoms with Crippen molar-refractivity contribution in [3.05, 3.63) is 48.6 Å². The van der Waals surface area contributed by atoms with E-state index in [1.54, 1.807) is 6.08 Å². The van der Waals surface area contributed by atoms with E-state index in [2.05, 4.69) is 30.9 Å². The molecule has 0 aromatic heterocycles. The molecule has 0 amide bonds. The second-order valence-electron chi connectivity index (χ2n) is 2.28. The van der Waals surface area contributed by atoms with Gasteiger partial charge in [0.1, 0.15) is 0 Å². The predicted molar refractivity (Wildman–Crippen MR) is 45.8 cm³/mol. The first-order valence-electron chi connectivity index (χ1n) is 3.59. The van der Waals surface area contributed by atoms with E-state index >= 15 is 0 Å². The van der Waals surface area contributed by atoms with E-state index in [9.17, 15) is 0 Å². The summed E-state index contributed by atoms with van der Waals surface area (Å²) in [5, 5.41) is 0. The molecule has 10 heavy (non-hydrogen) atoms. The molecule has 0 radical (unpaired) electrons. The largest absolute Gasteiger partial charge is 0.0991 e. The van der Waals surface area contributed by atoms with Crippen LogP contribution >= 0.6 is 0 Å². The van der Waals surface area contributed by atoms with Crippen molar-refractivity contribution in [2.75, 3.05) is 0 Å². The molecule has 0 N–H and O–H groups in total. The first-order chi connectivity index (χ1) is 4.93. The Morgan fingerprint density at radius 3 is 2.90 bits per heavy atom. The van der Waals surface area contributed by atoms with Gasteiger partial charge in [-0.1, -0.05) is 43.0 Å². The highest BCUT2D eigenvalue weighted by atomic mass is 14.0. The highest BCUT2D eigenvalue weighted by Crippen LogP contribution is 2.09. The van der Waals surface area contributed by atoms with Crippen LogP contribution in [0.5, 0.6) is 0 Å². The van der Waals surface area contributed by atoms with Crippen molar-refractivity contribution < 1.29 is 0 Å². The minimum absolute atomic E-state index is 1.17. The average Bonchev–Trinajstić information content (AvgIpc) is 2.03. The van der Waals surface area contributed by atoms with Crippen molar-refractivity contribution in [3.8, 4) is 0 Å². The third-order valence-electron chi connectivity index (χ3n) is 1.45. The van der Waals surface area contributed by atoms with E-state index in [1.807, 2.05) is 6.08 Å². The summed E-state index contributed by atoms with van der Waals surface area (Å²) in [6, 6.07) is 0. The molecule has 0 atom stereocenters. The van der Waals surface area contributed by atoms with E-state index in [1.165, 1.54) is 18.4 Å². The molecule has 0 fully saturated rings. The van der Waals surface area contributed by atoms with Gasteiger partial charge in [0.2, 0.25) is 0 Å². The molecule has 0 heterocycles. The molecule has 0 aromatic carbocycles. The zero-order valence-electron chi connectivity index (χ0n) is 6.09. The Hall–Kier alpha value is -1.04. The van der Waals surface area contributed by atoms with Crippen LogP contribution in [0.3, 0.4) is 0 Å². The maximum Gasteiger partial charge on any atom is -0.0300 e. The monoisotopic (exact) mass is 132 g/mol. The van der Waals surface area contributed by atoms with Crippen molar-refractivity contribution in [2.24, 2.45) is 0 Å². The summed E-state index contributed by atoms with van der Waals surface area (Å²) in [6.45, 7) is 3.61. The van der Waals surface area contributed by atoms with Gasteiger partial charge in [0.05, 0.1) is 0 Å². The van der Waals surface area contributed by atoms with Gasteiger partial charge in [-0.05, 0) is 18.4 Å². The highest BCUT2D eigenvalue weighted by molar-refractivity contribution is 5.33. The molecular weight excluding hydrogens is 120 g/mol. The van der Waals surface area contributed by atoms with Crippen molar-refractivity contribution in [1.82, 2.24) is 0 Å². The smallest absolute Gasteiger partial charge is 0.0300 e. The SMILES string of the molecule is C=C/C=C\C1=CCCC=C1. The van der Waals surface area contributed by atoms with Crippen LogP contribution in [0.2, 0.25) is 0 Å². The fourth-order valence-electron chi connectivity index (χ4n) is 0.936. The van der Waals surface area contributed by atoms with Gasteiger partial charge in [-0.3, -0.25) is 0 Å². The first-order valence-corrected chi connectivity index (χ1v) is 3.59. The van der Waals surface area contributed by atoms with Crippen LogP contribution < -0.4 is 0 Å². The van der Waals surface area contributed by atoms with Crippen LogP contribution in [0.4, 0.5) is 0 Å². The predicted octanol–water partition coefficient (Wildman–Crippen LogP) is 3.01. The van der Waals surface area contributed by atoms with Crippen molar-refractivity contribution in [3.63, 3.8) is 0 Å². The third-order valence-corrected chi connectivity index (χ3v) is 1.45. The van der Waals surface area contributed by atoms with E-state index in [4.69, 9.17) is 0 Å². The number of rotatable bonds is 2. The second-order valence-corrected chi connectivity index (χ2v) is 2.28. The Labute approximate surface area is 62.3 Å². The second kappa shape index (κ2) is 3.89. The molecule has 0 nitrogen and oxygen atoms in total. The molecule has 0 bridgehead atoms. The Morgan fingerprint density at radius 1 is 1.40 bits per heavy atom. The summed E-state index contributed by atoms with van der Waals surface area (Å²) in [7, 11) is 0. The molecule has 0 unspecified atom stereocenters. The van der Waals surface area contributed by atoms with Crippen LogP contribution in [0.15, 0.2) is 48.6 Å². The lowest BCUT2D eigenvalue weighted by molar-refractivity contribution is 1.03. The molecule has 0 saturated heterocycles. The quantitative estimate of drug-likeness (QED) is 0.507. The number of allylic oxidation sites excluding steroid dienone is 7. The molecule has 0 aliphatic heterocycles. The van der Waals surface area contributed by atoms with Crippen LogP contribution in [0.25, 0.3) is 0 Å². The molecule has 1 aliphatic carbocycles. The minimum atomic E-state index is 1.17. The zero-order chi connectivity index (χ0) is 7.23. The topological polar surface area (TPSA) is 0 Å². The summed E-state index contributed by atoms with van der Waals surface area (Å²) in [6.07, 6.45) is 14.8. The first kappa shape index (κ1) is 7.07. The summed E-state index contributed by atoms with van der Waals surface area (Å²) >= 11 is 0. The summed E-state index contributed by atoms with van der Waals surface area (Å²) in [5.41, 5.74) is 1.30. The number of hydrogen-bond acceptors (Lipinski definition) is 0. The van der Waals surface area contributed by atoms with Crippen LogP contribution in [0.1, 0.15) is 12.8 Å². The van der Waals surface area contributed by atoms with Crippen molar-refractivity contribution in [1.29, 1.82) is 0 Å². The van der Waals surface area contributed by atoms with Gasteiger partial charge in [0, 0.05) is 0 Å². The van der Waals surface area contributed by atoms with E-state index in [0.717, 1.165) is 0 Å². The van der Waals surface area contributed by atoms with E-state index in [0.29, 0.717) is 0 Å². The lowest BCUT2D eigenvalue weighted by Gasteiger charge is -1.99. The number of hydrogen-bond donors (Lipinski definition) is 0. The van der Waals surface area contributed by atoms with Gasteiger partial charge in [-0.15, -0.1) is 0 Å². The van der Waals surface area contributed by atoms with Crippen LogP contribution in [-0.2, 0) is 0 Å². The van der Waals surface area contributed by atoms with Gasteiger partial charge in [0.15, 0.2) is 0 Å². The Morgan fingerprint density at radius 2 is 2.30 bits per heavy atom. The molecule has 0 spiro atoms. The highest BCUT2D eigenvalue weighted by Gasteiger charge is 1.89. The van der Waals surface area contributed by atoms with Gasteiger partial charge in [-0.2, -0.15) is 0 Å². The molecule has 1 aliphatic rings. The summed E-state index contributed by atoms with van der Waals surface area (Å²) in [5.74, 6) is 0. The molecule has 0 saturated carbocycles. The molecule has 1 rings (SSSR count). The van der Waals surface area contributed by atoms with Crippen LogP contribution in [0, 0.1) is 0 Å². The fourth-order valence-corrected chi connectivity index (χ4v) is 0.936. The molecule has 0 aromatic rings. The van der Waals surface area contributed by atoms with Gasteiger partial charge < -0.3 is 0 Å². The molecule has 0 heteroatoms. The maximum atomic E-state index is 3.61. The third kappa shape index (κ3) is 2.06. The standard InChI is InChI=1S/C10H12/c1-2-3-7-10-8-5-4-6-9-10/h2-3,5,7-9H,1,4,6H2/b7-3-. The van der Waals surface area contributed by atoms with Crippen molar-refractivity contribution in [2.45, 2.75) is 12.8 Å². The van der Waals surface area contributed by atoms with Gasteiger partial charge in [0.25, 0.3) is 0 Å². The molecule has 52 valence electrons. The Kier molecular flexibility index (Phi) is 2.75. The van der Waals surface area contributed by atoms with E-state index < -0.39 is 0 Å². The van der Waals surface area contributed by atoms with Crippen molar-refractivity contribution >= 4 is 0 Å².